The quantitative estimate of drug-likeness (QED) is 0.700. The van der Waals surface area contributed by atoms with Crippen molar-refractivity contribution in [1.82, 2.24) is 5.32 Å². The van der Waals surface area contributed by atoms with Gasteiger partial charge in [0.2, 0.25) is 0 Å². The van der Waals surface area contributed by atoms with Crippen LogP contribution in [0.5, 0.6) is 0 Å². The highest BCUT2D eigenvalue weighted by Gasteiger charge is 2.26. The van der Waals surface area contributed by atoms with Crippen molar-refractivity contribution in [3.05, 3.63) is 0 Å². The molecule has 0 aromatic carbocycles. The molecule has 0 aliphatic heterocycles. The molecule has 0 bridgehead atoms. The van der Waals surface area contributed by atoms with Crippen molar-refractivity contribution < 1.29 is 0 Å². The third-order valence-electron chi connectivity index (χ3n) is 3.73. The molecule has 15 heavy (non-hydrogen) atoms. The maximum absolute atomic E-state index is 3.53. The van der Waals surface area contributed by atoms with Gasteiger partial charge < -0.3 is 5.32 Å². The summed E-state index contributed by atoms with van der Waals surface area (Å²) in [5, 5.41) is 3.53. The van der Waals surface area contributed by atoms with E-state index in [2.05, 4.69) is 33.0 Å². The fourth-order valence-corrected chi connectivity index (χ4v) is 3.33. The summed E-state index contributed by atoms with van der Waals surface area (Å²) in [4.78, 5) is 0. The van der Waals surface area contributed by atoms with E-state index in [4.69, 9.17) is 0 Å². The Morgan fingerprint density at radius 3 is 2.40 bits per heavy atom. The Balaban J connectivity index is 2.29. The predicted octanol–water partition coefficient (Wildman–Crippen LogP) is 3.98. The van der Waals surface area contributed by atoms with Gasteiger partial charge in [0.1, 0.15) is 0 Å². The number of hydrogen-bond donors (Lipinski definition) is 1. The molecule has 1 rings (SSSR count). The number of rotatable bonds is 6. The maximum Gasteiger partial charge on any atom is 0.00436 e. The molecule has 0 spiro atoms. The molecule has 0 amide bonds. The Bertz CT molecular complexity index is 168. The second-order valence-electron chi connectivity index (χ2n) is 6.18. The largest absolute Gasteiger partial charge is 0.315 e. The van der Waals surface area contributed by atoms with Gasteiger partial charge in [-0.25, -0.2) is 0 Å². The molecule has 0 radical (unpaired) electrons. The zero-order valence-electron chi connectivity index (χ0n) is 11.1. The highest BCUT2D eigenvalue weighted by atomic mass is 14.9. The van der Waals surface area contributed by atoms with E-state index in [-0.39, 0.29) is 0 Å². The first kappa shape index (κ1) is 13.0. The molecule has 0 aromatic heterocycles. The number of nitrogens with one attached hydrogen (secondary N) is 1. The standard InChI is InChI=1S/C14H29N/c1-5-15-12(2)10-14(3,4)11-13-8-6-7-9-13/h12-13,15H,5-11H2,1-4H3. The van der Waals surface area contributed by atoms with E-state index in [1.165, 1.54) is 38.5 Å². The lowest BCUT2D eigenvalue weighted by Gasteiger charge is -2.31. The predicted molar refractivity (Wildman–Crippen MR) is 68.1 cm³/mol. The van der Waals surface area contributed by atoms with Crippen molar-refractivity contribution in [3.63, 3.8) is 0 Å². The van der Waals surface area contributed by atoms with Gasteiger partial charge in [-0.15, -0.1) is 0 Å². The van der Waals surface area contributed by atoms with E-state index in [1.54, 1.807) is 0 Å². The van der Waals surface area contributed by atoms with Crippen molar-refractivity contribution in [3.8, 4) is 0 Å². The smallest absolute Gasteiger partial charge is 0.00436 e. The summed E-state index contributed by atoms with van der Waals surface area (Å²) in [5.74, 6) is 1.02. The highest BCUT2D eigenvalue weighted by Crippen LogP contribution is 2.37. The fraction of sp³-hybridized carbons (Fsp3) is 1.00. The normalized spacial score (nSPS) is 20.8. The topological polar surface area (TPSA) is 12.0 Å². The van der Waals surface area contributed by atoms with Crippen LogP contribution in [0.4, 0.5) is 0 Å². The summed E-state index contributed by atoms with van der Waals surface area (Å²) in [5.41, 5.74) is 0.524. The molecule has 0 aromatic rings. The Labute approximate surface area is 96.0 Å². The zero-order chi connectivity index (χ0) is 11.3. The maximum atomic E-state index is 3.53. The summed E-state index contributed by atoms with van der Waals surface area (Å²) in [7, 11) is 0. The first-order valence-corrected chi connectivity index (χ1v) is 6.77. The monoisotopic (exact) mass is 211 g/mol. The fourth-order valence-electron chi connectivity index (χ4n) is 3.33. The van der Waals surface area contributed by atoms with Crippen LogP contribution in [0.1, 0.15) is 66.2 Å². The molecule has 1 saturated carbocycles. The van der Waals surface area contributed by atoms with Gasteiger partial charge >= 0.3 is 0 Å². The number of hydrogen-bond acceptors (Lipinski definition) is 1. The van der Waals surface area contributed by atoms with Gasteiger partial charge in [0.25, 0.3) is 0 Å². The van der Waals surface area contributed by atoms with E-state index in [0.717, 1.165) is 12.5 Å². The minimum absolute atomic E-state index is 0.524. The molecule has 1 nitrogen and oxygen atoms in total. The summed E-state index contributed by atoms with van der Waals surface area (Å²) in [6, 6.07) is 0.673. The molecule has 1 N–H and O–H groups in total. The lowest BCUT2D eigenvalue weighted by Crippen LogP contribution is -2.31. The minimum Gasteiger partial charge on any atom is -0.315 e. The molecule has 1 atom stereocenters. The van der Waals surface area contributed by atoms with Gasteiger partial charge in [-0.3, -0.25) is 0 Å². The molecule has 0 saturated heterocycles. The third kappa shape index (κ3) is 5.01. The molecule has 1 aliphatic rings. The molecular weight excluding hydrogens is 182 g/mol. The summed E-state index contributed by atoms with van der Waals surface area (Å²) in [6.07, 6.45) is 8.67. The van der Waals surface area contributed by atoms with Crippen molar-refractivity contribution in [2.75, 3.05) is 6.54 Å². The Morgan fingerprint density at radius 2 is 1.87 bits per heavy atom. The molecular formula is C14H29N. The van der Waals surface area contributed by atoms with Crippen molar-refractivity contribution >= 4 is 0 Å². The Hall–Kier alpha value is -0.0400. The molecule has 1 fully saturated rings. The minimum atomic E-state index is 0.524. The van der Waals surface area contributed by atoms with Crippen LogP contribution in [-0.4, -0.2) is 12.6 Å². The van der Waals surface area contributed by atoms with Crippen molar-refractivity contribution in [2.24, 2.45) is 11.3 Å². The molecule has 1 unspecified atom stereocenters. The average Bonchev–Trinajstić information content (AvgIpc) is 2.54. The van der Waals surface area contributed by atoms with Crippen LogP contribution in [0.3, 0.4) is 0 Å². The van der Waals surface area contributed by atoms with Crippen LogP contribution >= 0.6 is 0 Å². The van der Waals surface area contributed by atoms with Gasteiger partial charge in [0, 0.05) is 6.04 Å². The van der Waals surface area contributed by atoms with Crippen molar-refractivity contribution in [1.29, 1.82) is 0 Å². The molecule has 0 heterocycles. The van der Waals surface area contributed by atoms with Crippen molar-refractivity contribution in [2.45, 2.75) is 72.3 Å². The first-order chi connectivity index (χ1) is 7.03. The van der Waals surface area contributed by atoms with Crippen LogP contribution in [0.15, 0.2) is 0 Å². The van der Waals surface area contributed by atoms with E-state index in [0.29, 0.717) is 11.5 Å². The molecule has 1 aliphatic carbocycles. The van der Waals surface area contributed by atoms with E-state index < -0.39 is 0 Å². The summed E-state index contributed by atoms with van der Waals surface area (Å²) in [6.45, 7) is 10.5. The third-order valence-corrected chi connectivity index (χ3v) is 3.73. The average molecular weight is 211 g/mol. The first-order valence-electron chi connectivity index (χ1n) is 6.77. The van der Waals surface area contributed by atoms with Crippen LogP contribution < -0.4 is 5.32 Å². The van der Waals surface area contributed by atoms with Gasteiger partial charge in [-0.2, -0.15) is 0 Å². The zero-order valence-corrected chi connectivity index (χ0v) is 11.1. The Morgan fingerprint density at radius 1 is 1.27 bits per heavy atom. The second-order valence-corrected chi connectivity index (χ2v) is 6.18. The van der Waals surface area contributed by atoms with Gasteiger partial charge in [-0.1, -0.05) is 46.5 Å². The van der Waals surface area contributed by atoms with E-state index in [1.807, 2.05) is 0 Å². The lowest BCUT2D eigenvalue weighted by atomic mass is 9.77. The van der Waals surface area contributed by atoms with E-state index in [9.17, 15) is 0 Å². The van der Waals surface area contributed by atoms with Gasteiger partial charge in [0.15, 0.2) is 0 Å². The van der Waals surface area contributed by atoms with Crippen LogP contribution in [0.2, 0.25) is 0 Å². The molecule has 1 heteroatoms. The second kappa shape index (κ2) is 5.89. The Kier molecular flexibility index (Phi) is 5.11. The molecule has 90 valence electrons. The van der Waals surface area contributed by atoms with Crippen LogP contribution in [0.25, 0.3) is 0 Å². The SMILES string of the molecule is CCNC(C)CC(C)(C)CC1CCCC1. The van der Waals surface area contributed by atoms with Gasteiger partial charge in [-0.05, 0) is 37.6 Å². The van der Waals surface area contributed by atoms with Gasteiger partial charge in [0.05, 0.1) is 0 Å². The van der Waals surface area contributed by atoms with E-state index >= 15 is 0 Å². The van der Waals surface area contributed by atoms with Crippen LogP contribution in [0, 0.1) is 11.3 Å². The summed E-state index contributed by atoms with van der Waals surface area (Å²) >= 11 is 0. The highest BCUT2D eigenvalue weighted by molar-refractivity contribution is 4.80. The lowest BCUT2D eigenvalue weighted by molar-refractivity contribution is 0.225. The van der Waals surface area contributed by atoms with Crippen LogP contribution in [-0.2, 0) is 0 Å². The summed E-state index contributed by atoms with van der Waals surface area (Å²) < 4.78 is 0.